The van der Waals surface area contributed by atoms with Crippen molar-refractivity contribution < 1.29 is 29.0 Å². The standard InChI is InChI=1S/C44H50BrN3O6Si/c1-30-42(55(3,4)36-19-17-35(53-2)18-20-36)39(27-41(51)46(23-24-49)28-31-11-6-5-7-12-31)54-44(30)37-26-33(45)16-21-38(37)48(43(44)52)29-32-13-10-14-34(25-32)47-22-9-8-15-40(47)50/h5-7,10-14,16-21,25-26,30,39,42,49H,8-9,15,22-24,27-29H2,1-4H3/t30-,39+,42-,44+/m1/s1. The number of anilines is 2. The summed E-state index contributed by atoms with van der Waals surface area (Å²) in [5, 5.41) is 11.2. The highest BCUT2D eigenvalue weighted by atomic mass is 79.9. The molecule has 4 atom stereocenters. The highest BCUT2D eigenvalue weighted by molar-refractivity contribution is 9.10. The number of aliphatic hydroxyl groups excluding tert-OH is 1. The van der Waals surface area contributed by atoms with Crippen LogP contribution in [0.5, 0.6) is 5.75 Å². The normalized spacial score (nSPS) is 22.3. The van der Waals surface area contributed by atoms with Crippen LogP contribution in [-0.2, 0) is 37.8 Å². The van der Waals surface area contributed by atoms with Gasteiger partial charge in [0.05, 0.1) is 46.5 Å². The summed E-state index contributed by atoms with van der Waals surface area (Å²) >= 11 is 3.70. The lowest BCUT2D eigenvalue weighted by Crippen LogP contribution is -2.52. The summed E-state index contributed by atoms with van der Waals surface area (Å²) in [6.07, 6.45) is 1.90. The summed E-state index contributed by atoms with van der Waals surface area (Å²) in [6, 6.07) is 31.8. The number of benzene rings is 4. The molecule has 1 spiro atoms. The van der Waals surface area contributed by atoms with E-state index in [0.717, 1.165) is 51.1 Å². The Morgan fingerprint density at radius 3 is 2.44 bits per heavy atom. The third-order valence-electron chi connectivity index (χ3n) is 12.0. The van der Waals surface area contributed by atoms with Gasteiger partial charge in [-0.25, -0.2) is 0 Å². The van der Waals surface area contributed by atoms with Crippen LogP contribution < -0.4 is 19.7 Å². The van der Waals surface area contributed by atoms with Gasteiger partial charge in [0.2, 0.25) is 11.8 Å². The van der Waals surface area contributed by atoms with Gasteiger partial charge in [-0.3, -0.25) is 14.4 Å². The fourth-order valence-corrected chi connectivity index (χ4v) is 13.6. The molecule has 0 unspecified atom stereocenters. The highest BCUT2D eigenvalue weighted by Crippen LogP contribution is 2.60. The summed E-state index contributed by atoms with van der Waals surface area (Å²) in [5.41, 5.74) is 2.82. The molecule has 4 aromatic rings. The molecule has 0 saturated carbocycles. The van der Waals surface area contributed by atoms with Gasteiger partial charge in [-0.05, 0) is 72.0 Å². The van der Waals surface area contributed by atoms with Crippen LogP contribution in [0.1, 0.15) is 49.3 Å². The number of ether oxygens (including phenoxy) is 2. The zero-order valence-corrected chi connectivity index (χ0v) is 34.6. The second kappa shape index (κ2) is 16.1. The Labute approximate surface area is 333 Å². The number of piperidine rings is 1. The predicted molar refractivity (Wildman–Crippen MR) is 221 cm³/mol. The maximum Gasteiger partial charge on any atom is 0.264 e. The van der Waals surface area contributed by atoms with Crippen LogP contribution in [0.3, 0.4) is 0 Å². The van der Waals surface area contributed by atoms with Gasteiger partial charge >= 0.3 is 0 Å². The molecule has 0 radical (unpaired) electrons. The van der Waals surface area contributed by atoms with Crippen molar-refractivity contribution in [3.8, 4) is 5.75 Å². The molecular weight excluding hydrogens is 774 g/mol. The first kappa shape index (κ1) is 39.0. The predicted octanol–water partition coefficient (Wildman–Crippen LogP) is 7.15. The quantitative estimate of drug-likeness (QED) is 0.153. The van der Waals surface area contributed by atoms with E-state index in [9.17, 15) is 14.7 Å². The number of hydrogen-bond acceptors (Lipinski definition) is 6. The van der Waals surface area contributed by atoms with Crippen LogP contribution in [-0.4, -0.2) is 68.7 Å². The fourth-order valence-electron chi connectivity index (χ4n) is 9.24. The Balaban J connectivity index is 1.27. The van der Waals surface area contributed by atoms with Crippen molar-refractivity contribution >= 4 is 58.3 Å². The van der Waals surface area contributed by atoms with Crippen molar-refractivity contribution in [3.05, 3.63) is 118 Å². The molecule has 1 N–H and O–H groups in total. The molecule has 3 aliphatic rings. The molecule has 2 fully saturated rings. The van der Waals surface area contributed by atoms with Crippen molar-refractivity contribution in [3.63, 3.8) is 0 Å². The number of halogens is 1. The first-order valence-electron chi connectivity index (χ1n) is 19.2. The second-order valence-corrected chi connectivity index (χ2v) is 21.2. The Morgan fingerprint density at radius 1 is 0.982 bits per heavy atom. The van der Waals surface area contributed by atoms with Crippen molar-refractivity contribution in [1.82, 2.24) is 4.90 Å². The van der Waals surface area contributed by atoms with E-state index in [2.05, 4.69) is 48.1 Å². The first-order chi connectivity index (χ1) is 26.5. The first-order valence-corrected chi connectivity index (χ1v) is 23.1. The maximum atomic E-state index is 15.3. The lowest BCUT2D eigenvalue weighted by atomic mass is 9.82. The molecule has 288 valence electrons. The van der Waals surface area contributed by atoms with Crippen LogP contribution in [0.4, 0.5) is 11.4 Å². The molecule has 9 nitrogen and oxygen atoms in total. The van der Waals surface area contributed by atoms with Gasteiger partial charge in [0.25, 0.3) is 5.91 Å². The van der Waals surface area contributed by atoms with Crippen molar-refractivity contribution in [2.75, 3.05) is 36.6 Å². The van der Waals surface area contributed by atoms with E-state index < -0.39 is 19.8 Å². The lowest BCUT2D eigenvalue weighted by molar-refractivity contribution is -0.150. The molecule has 3 heterocycles. The fraction of sp³-hybridized carbons (Fsp3) is 0.386. The zero-order chi connectivity index (χ0) is 38.9. The van der Waals surface area contributed by atoms with Gasteiger partial charge < -0.3 is 29.3 Å². The summed E-state index contributed by atoms with van der Waals surface area (Å²) in [4.78, 5) is 47.9. The molecule has 0 aliphatic carbocycles. The number of carbonyl (C=O) groups is 3. The lowest BCUT2D eigenvalue weighted by Gasteiger charge is -2.37. The summed E-state index contributed by atoms with van der Waals surface area (Å²) in [7, 11) is -0.858. The molecule has 55 heavy (non-hydrogen) atoms. The Kier molecular flexibility index (Phi) is 11.4. The van der Waals surface area contributed by atoms with E-state index in [1.807, 2.05) is 94.7 Å². The second-order valence-electron chi connectivity index (χ2n) is 15.6. The van der Waals surface area contributed by atoms with Crippen LogP contribution >= 0.6 is 15.9 Å². The van der Waals surface area contributed by atoms with Gasteiger partial charge in [0, 0.05) is 47.7 Å². The monoisotopic (exact) mass is 823 g/mol. The number of carbonyl (C=O) groups excluding carboxylic acids is 3. The summed E-state index contributed by atoms with van der Waals surface area (Å²) < 4.78 is 13.6. The molecule has 0 aromatic heterocycles. The Bertz CT molecular complexity index is 2040. The number of amides is 3. The maximum absolute atomic E-state index is 15.3. The number of aliphatic hydroxyl groups is 1. The van der Waals surface area contributed by atoms with Gasteiger partial charge in [0.15, 0.2) is 5.60 Å². The third kappa shape index (κ3) is 7.39. The molecule has 11 heteroatoms. The van der Waals surface area contributed by atoms with Crippen LogP contribution in [0.15, 0.2) is 102 Å². The summed E-state index contributed by atoms with van der Waals surface area (Å²) in [6.45, 7) is 8.11. The topological polar surface area (TPSA) is 99.6 Å². The van der Waals surface area contributed by atoms with E-state index >= 15 is 4.79 Å². The number of nitrogens with zero attached hydrogens (tertiary/aromatic N) is 3. The van der Waals surface area contributed by atoms with Crippen molar-refractivity contribution in [2.45, 2.75) is 76.0 Å². The number of hydrogen-bond donors (Lipinski definition) is 1. The number of rotatable bonds is 12. The third-order valence-corrected chi connectivity index (χ3v) is 16.9. The van der Waals surface area contributed by atoms with E-state index in [-0.39, 0.29) is 48.8 Å². The van der Waals surface area contributed by atoms with Crippen LogP contribution in [0, 0.1) is 5.92 Å². The molecule has 3 aliphatic heterocycles. The molecule has 3 amide bonds. The molecule has 0 bridgehead atoms. The highest BCUT2D eigenvalue weighted by Gasteiger charge is 2.66. The van der Waals surface area contributed by atoms with Crippen LogP contribution in [0.25, 0.3) is 0 Å². The average Bonchev–Trinajstić information content (AvgIpc) is 3.61. The van der Waals surface area contributed by atoms with E-state index in [1.54, 1.807) is 12.0 Å². The van der Waals surface area contributed by atoms with Gasteiger partial charge in [-0.15, -0.1) is 0 Å². The van der Waals surface area contributed by atoms with Crippen molar-refractivity contribution in [2.24, 2.45) is 5.92 Å². The summed E-state index contributed by atoms with van der Waals surface area (Å²) in [5.74, 6) is 0.320. The number of methoxy groups -OCH3 is 1. The van der Waals surface area contributed by atoms with Gasteiger partial charge in [-0.2, -0.15) is 0 Å². The molecule has 4 aromatic carbocycles. The molecule has 7 rings (SSSR count). The SMILES string of the molecule is COc1ccc([Si](C)(C)[C@H]2[C@H](CC(=O)N(CCO)Cc3ccccc3)O[C@@]3(C(=O)N(Cc4cccc(N5CCCCC5=O)c4)c4ccc(Br)cc43)[C@@H]2C)cc1. The molecule has 2 saturated heterocycles. The van der Waals surface area contributed by atoms with E-state index in [0.29, 0.717) is 26.1 Å². The van der Waals surface area contributed by atoms with Crippen LogP contribution in [0.2, 0.25) is 18.6 Å². The average molecular weight is 825 g/mol. The Morgan fingerprint density at radius 2 is 1.73 bits per heavy atom. The largest absolute Gasteiger partial charge is 0.497 e. The minimum absolute atomic E-state index is 0.0682. The minimum Gasteiger partial charge on any atom is -0.497 e. The Hall–Kier alpha value is -4.29. The zero-order valence-electron chi connectivity index (χ0n) is 32.0. The van der Waals surface area contributed by atoms with Gasteiger partial charge in [0.1, 0.15) is 5.75 Å². The van der Waals surface area contributed by atoms with E-state index in [1.165, 1.54) is 5.19 Å². The van der Waals surface area contributed by atoms with Crippen molar-refractivity contribution in [1.29, 1.82) is 0 Å². The molecular formula is C44H50BrN3O6Si. The minimum atomic E-state index is -2.51. The van der Waals surface area contributed by atoms with Gasteiger partial charge in [-0.1, -0.05) is 95.7 Å². The number of fused-ring (bicyclic) bond motifs is 2. The van der Waals surface area contributed by atoms with E-state index in [4.69, 9.17) is 9.47 Å². The smallest absolute Gasteiger partial charge is 0.264 e.